The Kier molecular flexibility index (Phi) is 3.52. The molecule has 0 unspecified atom stereocenters. The molecule has 2 heterocycles. The number of thiophene rings is 1. The first-order valence-electron chi connectivity index (χ1n) is 5.39. The Morgan fingerprint density at radius 2 is 2.19 bits per heavy atom. The van der Waals surface area contributed by atoms with Gasteiger partial charge in [0.15, 0.2) is 0 Å². The Labute approximate surface area is 97.8 Å². The zero-order valence-corrected chi connectivity index (χ0v) is 9.70. The first-order valence-corrected chi connectivity index (χ1v) is 6.20. The fraction of sp³-hybridized carbons (Fsp3) is 0.600. The number of nitro groups is 1. The molecule has 16 heavy (non-hydrogen) atoms. The molecule has 2 rings (SSSR count). The van der Waals surface area contributed by atoms with Gasteiger partial charge in [-0.2, -0.15) is 0 Å². The molecule has 0 saturated carbocycles. The number of hydrogen-bond donors (Lipinski definition) is 2. The minimum absolute atomic E-state index is 0.0548. The molecule has 0 aliphatic carbocycles. The number of nitrogens with zero attached hydrogens (tertiary/aromatic N) is 1. The van der Waals surface area contributed by atoms with Crippen LogP contribution in [0.25, 0.3) is 0 Å². The molecule has 1 saturated heterocycles. The van der Waals surface area contributed by atoms with Gasteiger partial charge in [-0.1, -0.05) is 11.3 Å². The van der Waals surface area contributed by atoms with E-state index in [1.54, 1.807) is 12.1 Å². The van der Waals surface area contributed by atoms with E-state index in [1.807, 2.05) is 0 Å². The molecule has 0 bridgehead atoms. The van der Waals surface area contributed by atoms with Gasteiger partial charge < -0.3 is 11.1 Å². The number of hydrogen-bond acceptors (Lipinski definition) is 5. The third-order valence-corrected chi connectivity index (χ3v) is 4.15. The van der Waals surface area contributed by atoms with Crippen LogP contribution in [-0.2, 0) is 0 Å². The maximum Gasteiger partial charge on any atom is 0.324 e. The van der Waals surface area contributed by atoms with Crippen molar-refractivity contribution < 1.29 is 4.92 Å². The van der Waals surface area contributed by atoms with Gasteiger partial charge in [0.05, 0.1) is 4.92 Å². The molecule has 88 valence electrons. The summed E-state index contributed by atoms with van der Waals surface area (Å²) in [4.78, 5) is 11.1. The summed E-state index contributed by atoms with van der Waals surface area (Å²) in [6.07, 6.45) is 2.10. The average molecular weight is 241 g/mol. The summed E-state index contributed by atoms with van der Waals surface area (Å²) in [5, 5.41) is 14.0. The van der Waals surface area contributed by atoms with Gasteiger partial charge in [0, 0.05) is 17.0 Å². The van der Waals surface area contributed by atoms with Gasteiger partial charge in [-0.15, -0.1) is 0 Å². The van der Waals surface area contributed by atoms with Crippen LogP contribution >= 0.6 is 11.3 Å². The maximum absolute atomic E-state index is 10.6. The first kappa shape index (κ1) is 11.5. The van der Waals surface area contributed by atoms with E-state index in [1.165, 1.54) is 11.3 Å². The third kappa shape index (κ3) is 2.40. The molecular formula is C10H15N3O2S. The van der Waals surface area contributed by atoms with Crippen LogP contribution in [0.5, 0.6) is 0 Å². The lowest BCUT2D eigenvalue weighted by atomic mass is 9.90. The number of piperidine rings is 1. The van der Waals surface area contributed by atoms with E-state index < -0.39 is 0 Å². The SMILES string of the molecule is N[C@@H](c1ccc([N+](=O)[O-])s1)C1CCNCC1. The van der Waals surface area contributed by atoms with E-state index in [9.17, 15) is 10.1 Å². The molecule has 0 aromatic carbocycles. The molecule has 1 aromatic rings. The molecule has 1 fully saturated rings. The van der Waals surface area contributed by atoms with E-state index in [0.717, 1.165) is 30.8 Å². The lowest BCUT2D eigenvalue weighted by molar-refractivity contribution is -0.380. The van der Waals surface area contributed by atoms with E-state index in [2.05, 4.69) is 5.32 Å². The van der Waals surface area contributed by atoms with Crippen LogP contribution in [0.15, 0.2) is 12.1 Å². The second kappa shape index (κ2) is 4.90. The van der Waals surface area contributed by atoms with Gasteiger partial charge >= 0.3 is 5.00 Å². The fourth-order valence-corrected chi connectivity index (χ4v) is 2.97. The van der Waals surface area contributed by atoms with Crippen molar-refractivity contribution in [3.8, 4) is 0 Å². The van der Waals surface area contributed by atoms with Crippen molar-refractivity contribution in [1.29, 1.82) is 0 Å². The predicted octanol–water partition coefficient (Wildman–Crippen LogP) is 1.66. The normalized spacial score (nSPS) is 19.6. The summed E-state index contributed by atoms with van der Waals surface area (Å²) < 4.78 is 0. The highest BCUT2D eigenvalue weighted by Crippen LogP contribution is 2.34. The molecule has 1 aromatic heterocycles. The van der Waals surface area contributed by atoms with Crippen LogP contribution in [0.2, 0.25) is 0 Å². The van der Waals surface area contributed by atoms with E-state index >= 15 is 0 Å². The number of nitrogens with one attached hydrogen (secondary N) is 1. The molecule has 3 N–H and O–H groups in total. The fourth-order valence-electron chi connectivity index (χ4n) is 2.06. The van der Waals surface area contributed by atoms with Crippen molar-refractivity contribution in [2.75, 3.05) is 13.1 Å². The summed E-state index contributed by atoms with van der Waals surface area (Å²) in [6.45, 7) is 1.98. The lowest BCUT2D eigenvalue weighted by Crippen LogP contribution is -2.33. The Morgan fingerprint density at radius 1 is 1.50 bits per heavy atom. The lowest BCUT2D eigenvalue weighted by Gasteiger charge is -2.27. The number of rotatable bonds is 3. The maximum atomic E-state index is 10.6. The highest BCUT2D eigenvalue weighted by molar-refractivity contribution is 7.15. The van der Waals surface area contributed by atoms with E-state index in [-0.39, 0.29) is 16.0 Å². The average Bonchev–Trinajstić information content (AvgIpc) is 2.78. The van der Waals surface area contributed by atoms with Gasteiger partial charge in [0.25, 0.3) is 0 Å². The van der Waals surface area contributed by atoms with E-state index in [4.69, 9.17) is 5.73 Å². The molecule has 1 atom stereocenters. The Balaban J connectivity index is 2.07. The second-order valence-corrected chi connectivity index (χ2v) is 5.14. The van der Waals surface area contributed by atoms with Gasteiger partial charge in [-0.3, -0.25) is 10.1 Å². The summed E-state index contributed by atoms with van der Waals surface area (Å²) in [6, 6.07) is 3.27. The zero-order chi connectivity index (χ0) is 11.5. The molecule has 1 aliphatic rings. The summed E-state index contributed by atoms with van der Waals surface area (Å²) in [5.41, 5.74) is 6.14. The topological polar surface area (TPSA) is 81.2 Å². The largest absolute Gasteiger partial charge is 0.324 e. The molecule has 0 spiro atoms. The summed E-state index contributed by atoms with van der Waals surface area (Å²) in [7, 11) is 0. The van der Waals surface area contributed by atoms with Crippen molar-refractivity contribution >= 4 is 16.3 Å². The van der Waals surface area contributed by atoms with Crippen LogP contribution in [-0.4, -0.2) is 18.0 Å². The van der Waals surface area contributed by atoms with Gasteiger partial charge in [0.2, 0.25) is 0 Å². The molecule has 0 amide bonds. The van der Waals surface area contributed by atoms with Crippen LogP contribution in [0.1, 0.15) is 23.8 Å². The predicted molar refractivity (Wildman–Crippen MR) is 63.5 cm³/mol. The minimum atomic E-state index is -0.358. The molecule has 6 heteroatoms. The molecule has 1 aliphatic heterocycles. The van der Waals surface area contributed by atoms with E-state index in [0.29, 0.717) is 5.92 Å². The van der Waals surface area contributed by atoms with Gasteiger partial charge in [-0.05, 0) is 37.9 Å². The minimum Gasteiger partial charge on any atom is -0.323 e. The molecular weight excluding hydrogens is 226 g/mol. The van der Waals surface area contributed by atoms with Crippen LogP contribution in [0.3, 0.4) is 0 Å². The van der Waals surface area contributed by atoms with Gasteiger partial charge in [-0.25, -0.2) is 0 Å². The monoisotopic (exact) mass is 241 g/mol. The standard InChI is InChI=1S/C10H15N3O2S/c11-10(7-3-5-12-6-4-7)8-1-2-9(16-8)13(14)15/h1-2,7,10,12H,3-6,11H2/t10-/m1/s1. The van der Waals surface area contributed by atoms with Crippen LogP contribution in [0, 0.1) is 16.0 Å². The smallest absolute Gasteiger partial charge is 0.323 e. The second-order valence-electron chi connectivity index (χ2n) is 4.05. The molecule has 5 nitrogen and oxygen atoms in total. The summed E-state index contributed by atoms with van der Waals surface area (Å²) in [5.74, 6) is 0.444. The van der Waals surface area contributed by atoms with Crippen molar-refractivity contribution in [2.24, 2.45) is 11.7 Å². The Bertz CT molecular complexity index is 374. The van der Waals surface area contributed by atoms with Crippen molar-refractivity contribution in [1.82, 2.24) is 5.32 Å². The van der Waals surface area contributed by atoms with Crippen LogP contribution < -0.4 is 11.1 Å². The highest BCUT2D eigenvalue weighted by atomic mass is 32.1. The molecule has 0 radical (unpaired) electrons. The van der Waals surface area contributed by atoms with Crippen molar-refractivity contribution in [3.05, 3.63) is 27.1 Å². The number of nitrogens with two attached hydrogens (primary N) is 1. The van der Waals surface area contributed by atoms with Crippen LogP contribution in [0.4, 0.5) is 5.00 Å². The first-order chi connectivity index (χ1) is 7.68. The quantitative estimate of drug-likeness (QED) is 0.623. The van der Waals surface area contributed by atoms with Gasteiger partial charge in [0.1, 0.15) is 0 Å². The van der Waals surface area contributed by atoms with Crippen molar-refractivity contribution in [2.45, 2.75) is 18.9 Å². The Morgan fingerprint density at radius 3 is 2.75 bits per heavy atom. The third-order valence-electron chi connectivity index (χ3n) is 3.01. The van der Waals surface area contributed by atoms with Crippen molar-refractivity contribution in [3.63, 3.8) is 0 Å². The zero-order valence-electron chi connectivity index (χ0n) is 8.89. The Hall–Kier alpha value is -0.980. The summed E-state index contributed by atoms with van der Waals surface area (Å²) >= 11 is 1.20. The highest BCUT2D eigenvalue weighted by Gasteiger charge is 2.24.